The normalized spacial score (nSPS) is 19.7. The zero-order valence-electron chi connectivity index (χ0n) is 10.8. The van der Waals surface area contributed by atoms with E-state index in [9.17, 15) is 4.79 Å². The van der Waals surface area contributed by atoms with Gasteiger partial charge in [0, 0.05) is 6.42 Å². The lowest BCUT2D eigenvalue weighted by Gasteiger charge is -2.22. The van der Waals surface area contributed by atoms with E-state index in [1.54, 1.807) is 7.11 Å². The van der Waals surface area contributed by atoms with Crippen LogP contribution >= 0.6 is 0 Å². The van der Waals surface area contributed by atoms with Gasteiger partial charge in [-0.3, -0.25) is 4.79 Å². The lowest BCUT2D eigenvalue weighted by Crippen LogP contribution is -2.25. The molecule has 1 aromatic rings. The highest BCUT2D eigenvalue weighted by atomic mass is 16.5. The molecule has 0 spiro atoms. The number of Topliss-reactive ketones (excluding diaryl/α,β-unsaturated/α-hetero) is 1. The molecule has 1 fully saturated rings. The molecule has 18 heavy (non-hydrogen) atoms. The largest absolute Gasteiger partial charge is 0.493 e. The lowest BCUT2D eigenvalue weighted by molar-refractivity contribution is -0.126. The van der Waals surface area contributed by atoms with Gasteiger partial charge in [0.05, 0.1) is 32.8 Å². The molecule has 1 unspecified atom stereocenters. The van der Waals surface area contributed by atoms with Gasteiger partial charge in [-0.05, 0) is 24.6 Å². The minimum absolute atomic E-state index is 0.177. The SMILES string of the molecule is CCOc1ccc(C2COCCC2=O)cc1OC. The molecule has 0 amide bonds. The van der Waals surface area contributed by atoms with Crippen molar-refractivity contribution in [3.8, 4) is 11.5 Å². The average molecular weight is 250 g/mol. The monoisotopic (exact) mass is 250 g/mol. The first-order valence-electron chi connectivity index (χ1n) is 6.17. The van der Waals surface area contributed by atoms with E-state index in [-0.39, 0.29) is 11.7 Å². The van der Waals surface area contributed by atoms with Crippen LogP contribution in [0.5, 0.6) is 11.5 Å². The molecule has 1 aliphatic heterocycles. The molecule has 0 aromatic heterocycles. The predicted octanol–water partition coefficient (Wildman–Crippen LogP) is 2.17. The van der Waals surface area contributed by atoms with E-state index in [0.717, 1.165) is 5.56 Å². The van der Waals surface area contributed by atoms with Crippen molar-refractivity contribution in [3.63, 3.8) is 0 Å². The maximum atomic E-state index is 11.9. The topological polar surface area (TPSA) is 44.8 Å². The molecule has 0 aliphatic carbocycles. The van der Waals surface area contributed by atoms with Crippen LogP contribution < -0.4 is 9.47 Å². The summed E-state index contributed by atoms with van der Waals surface area (Å²) in [7, 11) is 1.60. The van der Waals surface area contributed by atoms with Crippen LogP contribution in [0.25, 0.3) is 0 Å². The third-order valence-corrected chi connectivity index (χ3v) is 3.06. The summed E-state index contributed by atoms with van der Waals surface area (Å²) in [6.45, 7) is 3.49. The van der Waals surface area contributed by atoms with Gasteiger partial charge in [-0.1, -0.05) is 6.07 Å². The fourth-order valence-electron chi connectivity index (χ4n) is 2.10. The number of hydrogen-bond acceptors (Lipinski definition) is 4. The first-order chi connectivity index (χ1) is 8.76. The van der Waals surface area contributed by atoms with Gasteiger partial charge >= 0.3 is 0 Å². The van der Waals surface area contributed by atoms with Crippen molar-refractivity contribution in [2.45, 2.75) is 19.3 Å². The van der Waals surface area contributed by atoms with Crippen LogP contribution in [0.2, 0.25) is 0 Å². The zero-order chi connectivity index (χ0) is 13.0. The molecule has 2 rings (SSSR count). The van der Waals surface area contributed by atoms with Gasteiger partial charge in [-0.2, -0.15) is 0 Å². The maximum absolute atomic E-state index is 11.9. The first-order valence-corrected chi connectivity index (χ1v) is 6.17. The fourth-order valence-corrected chi connectivity index (χ4v) is 2.10. The van der Waals surface area contributed by atoms with Crippen molar-refractivity contribution >= 4 is 5.78 Å². The third kappa shape index (κ3) is 2.64. The highest BCUT2D eigenvalue weighted by Crippen LogP contribution is 2.32. The Morgan fingerprint density at radius 2 is 2.22 bits per heavy atom. The van der Waals surface area contributed by atoms with Crippen molar-refractivity contribution in [3.05, 3.63) is 23.8 Å². The third-order valence-electron chi connectivity index (χ3n) is 3.06. The average Bonchev–Trinajstić information content (AvgIpc) is 2.40. The fraction of sp³-hybridized carbons (Fsp3) is 0.500. The maximum Gasteiger partial charge on any atom is 0.161 e. The number of benzene rings is 1. The number of hydrogen-bond donors (Lipinski definition) is 0. The van der Waals surface area contributed by atoms with Crippen molar-refractivity contribution in [2.24, 2.45) is 0 Å². The van der Waals surface area contributed by atoms with E-state index in [2.05, 4.69) is 0 Å². The molecule has 1 saturated heterocycles. The summed E-state index contributed by atoms with van der Waals surface area (Å²) in [4.78, 5) is 11.9. The van der Waals surface area contributed by atoms with Gasteiger partial charge in [0.25, 0.3) is 0 Å². The molecule has 4 heteroatoms. The van der Waals surface area contributed by atoms with Gasteiger partial charge in [0.1, 0.15) is 5.78 Å². The molecule has 0 radical (unpaired) electrons. The summed E-state index contributed by atoms with van der Waals surface area (Å²) in [6, 6.07) is 5.62. The highest BCUT2D eigenvalue weighted by molar-refractivity contribution is 5.86. The van der Waals surface area contributed by atoms with E-state index in [1.165, 1.54) is 0 Å². The number of carbonyl (C=O) groups is 1. The molecule has 1 aliphatic rings. The Morgan fingerprint density at radius 3 is 2.89 bits per heavy atom. The van der Waals surface area contributed by atoms with Crippen LogP contribution in [-0.2, 0) is 9.53 Å². The van der Waals surface area contributed by atoms with Crippen molar-refractivity contribution in [1.29, 1.82) is 0 Å². The van der Waals surface area contributed by atoms with Crippen LogP contribution in [0, 0.1) is 0 Å². The number of rotatable bonds is 4. The van der Waals surface area contributed by atoms with Gasteiger partial charge in [-0.25, -0.2) is 0 Å². The van der Waals surface area contributed by atoms with E-state index < -0.39 is 0 Å². The molecule has 1 atom stereocenters. The van der Waals surface area contributed by atoms with E-state index in [4.69, 9.17) is 14.2 Å². The Hall–Kier alpha value is -1.55. The second kappa shape index (κ2) is 5.87. The zero-order valence-corrected chi connectivity index (χ0v) is 10.8. The van der Waals surface area contributed by atoms with Crippen LogP contribution in [0.3, 0.4) is 0 Å². The Morgan fingerprint density at radius 1 is 1.39 bits per heavy atom. The first kappa shape index (κ1) is 12.9. The standard InChI is InChI=1S/C14H18O4/c1-3-18-13-5-4-10(8-14(13)16-2)11-9-17-7-6-12(11)15/h4-5,8,11H,3,6-7,9H2,1-2H3. The van der Waals surface area contributed by atoms with Gasteiger partial charge in [0.15, 0.2) is 11.5 Å². The van der Waals surface area contributed by atoms with Crippen molar-refractivity contribution < 1.29 is 19.0 Å². The van der Waals surface area contributed by atoms with E-state index >= 15 is 0 Å². The second-order valence-electron chi connectivity index (χ2n) is 4.19. The summed E-state index contributed by atoms with van der Waals surface area (Å²) in [5.41, 5.74) is 0.931. The van der Waals surface area contributed by atoms with Crippen LogP contribution in [-0.4, -0.2) is 32.7 Å². The Bertz CT molecular complexity index is 428. The quantitative estimate of drug-likeness (QED) is 0.821. The van der Waals surface area contributed by atoms with Crippen LogP contribution in [0.1, 0.15) is 24.8 Å². The molecule has 0 bridgehead atoms. The highest BCUT2D eigenvalue weighted by Gasteiger charge is 2.25. The van der Waals surface area contributed by atoms with E-state index in [1.807, 2.05) is 25.1 Å². The van der Waals surface area contributed by atoms with E-state index in [0.29, 0.717) is 37.7 Å². The number of carbonyl (C=O) groups excluding carboxylic acids is 1. The van der Waals surface area contributed by atoms with Gasteiger partial charge < -0.3 is 14.2 Å². The van der Waals surface area contributed by atoms with Crippen molar-refractivity contribution in [1.82, 2.24) is 0 Å². The number of ether oxygens (including phenoxy) is 3. The molecule has 0 saturated carbocycles. The summed E-state index contributed by atoms with van der Waals surface area (Å²) in [5.74, 6) is 1.41. The van der Waals surface area contributed by atoms with Gasteiger partial charge in [0.2, 0.25) is 0 Å². The molecule has 1 aromatic carbocycles. The van der Waals surface area contributed by atoms with Gasteiger partial charge in [-0.15, -0.1) is 0 Å². The molecule has 1 heterocycles. The lowest BCUT2D eigenvalue weighted by atomic mass is 9.92. The smallest absolute Gasteiger partial charge is 0.161 e. The molecular weight excluding hydrogens is 232 g/mol. The minimum Gasteiger partial charge on any atom is -0.493 e. The molecular formula is C14H18O4. The summed E-state index contributed by atoms with van der Waals surface area (Å²) >= 11 is 0. The second-order valence-corrected chi connectivity index (χ2v) is 4.19. The van der Waals surface area contributed by atoms with Crippen LogP contribution in [0.4, 0.5) is 0 Å². The Kier molecular flexibility index (Phi) is 4.20. The molecule has 4 nitrogen and oxygen atoms in total. The minimum atomic E-state index is -0.177. The Balaban J connectivity index is 2.25. The molecule has 98 valence electrons. The Labute approximate surface area is 107 Å². The summed E-state index contributed by atoms with van der Waals surface area (Å²) in [5, 5.41) is 0. The molecule has 0 N–H and O–H groups in total. The number of ketones is 1. The predicted molar refractivity (Wildman–Crippen MR) is 67.3 cm³/mol. The summed E-state index contributed by atoms with van der Waals surface area (Å²) < 4.78 is 16.1. The summed E-state index contributed by atoms with van der Waals surface area (Å²) in [6.07, 6.45) is 0.486. The number of methoxy groups -OCH3 is 1. The van der Waals surface area contributed by atoms with Crippen LogP contribution in [0.15, 0.2) is 18.2 Å². The van der Waals surface area contributed by atoms with Crippen molar-refractivity contribution in [2.75, 3.05) is 26.9 Å².